The Morgan fingerprint density at radius 2 is 1.06 bits per heavy atom. The van der Waals surface area contributed by atoms with E-state index >= 15 is 0 Å². The van der Waals surface area contributed by atoms with Crippen molar-refractivity contribution in [2.75, 3.05) is 0 Å². The molecule has 0 aromatic carbocycles. The third-order valence-electron chi connectivity index (χ3n) is 1.59. The molecule has 0 spiro atoms. The largest absolute Gasteiger partial charge is 0.460 e. The molecule has 12 heteroatoms. The van der Waals surface area contributed by atoms with E-state index in [9.17, 15) is 30.7 Å². The van der Waals surface area contributed by atoms with Crippen LogP contribution < -0.4 is 0 Å². The van der Waals surface area contributed by atoms with Crippen LogP contribution >= 0.6 is 34.8 Å². The van der Waals surface area contributed by atoms with Crippen molar-refractivity contribution in [1.82, 2.24) is 0 Å². The van der Waals surface area contributed by atoms with Crippen molar-refractivity contribution in [1.29, 1.82) is 0 Å². The van der Waals surface area contributed by atoms with Crippen LogP contribution in [0.2, 0.25) is 0 Å². The van der Waals surface area contributed by atoms with Crippen molar-refractivity contribution in [3.05, 3.63) is 0 Å². The molecule has 2 nitrogen and oxygen atoms in total. The van der Waals surface area contributed by atoms with E-state index in [2.05, 4.69) is 44.3 Å². The van der Waals surface area contributed by atoms with Gasteiger partial charge in [-0.15, -0.1) is 0 Å². The Labute approximate surface area is 103 Å². The van der Waals surface area contributed by atoms with E-state index in [1.807, 2.05) is 0 Å². The molecule has 0 saturated carbocycles. The Morgan fingerprint density at radius 1 is 0.765 bits per heavy atom. The van der Waals surface area contributed by atoms with Crippen LogP contribution in [0.5, 0.6) is 0 Å². The Balaban J connectivity index is 3.18. The minimum Gasteiger partial charge on any atom is -0.276 e. The molecule has 0 aromatic heterocycles. The summed E-state index contributed by atoms with van der Waals surface area (Å²) in [5.41, 5.74) is 0. The summed E-state index contributed by atoms with van der Waals surface area (Å²) in [7, 11) is 0. The fourth-order valence-corrected chi connectivity index (χ4v) is 1.46. The molecule has 0 unspecified atom stereocenters. The molecule has 1 heterocycles. The van der Waals surface area contributed by atoms with Gasteiger partial charge in [0.1, 0.15) is 0 Å². The highest BCUT2D eigenvalue weighted by atomic mass is 35.5. The molecule has 1 aliphatic heterocycles. The lowest BCUT2D eigenvalue weighted by atomic mass is 10.3. The van der Waals surface area contributed by atoms with Gasteiger partial charge < -0.3 is 0 Å². The second kappa shape index (κ2) is 3.66. The Hall–Kier alpha value is 0.300. The summed E-state index contributed by atoms with van der Waals surface area (Å²) >= 11 is 13.5. The number of rotatable bonds is 1. The van der Waals surface area contributed by atoms with Gasteiger partial charge >= 0.3 is 28.0 Å². The smallest absolute Gasteiger partial charge is 0.276 e. The number of hydrogen-bond donors (Lipinski definition) is 0. The number of halogens is 10. The number of hydrogen-bond acceptors (Lipinski definition) is 2. The minimum absolute atomic E-state index is 3.21. The average molecular weight is 331 g/mol. The molecule has 0 bridgehead atoms. The van der Waals surface area contributed by atoms with Crippen molar-refractivity contribution in [3.8, 4) is 0 Å². The van der Waals surface area contributed by atoms with Crippen LogP contribution in [0.25, 0.3) is 0 Å². The van der Waals surface area contributed by atoms with E-state index in [1.165, 1.54) is 0 Å². The molecule has 102 valence electrons. The summed E-state index contributed by atoms with van der Waals surface area (Å²) < 4.78 is 93.5. The quantitative estimate of drug-likeness (QED) is 0.537. The zero-order chi connectivity index (χ0) is 13.9. The van der Waals surface area contributed by atoms with Crippen LogP contribution in [0.3, 0.4) is 0 Å². The molecule has 0 aliphatic carbocycles. The fourth-order valence-electron chi connectivity index (χ4n) is 0.767. The van der Waals surface area contributed by atoms with Gasteiger partial charge in [0.2, 0.25) is 0 Å². The summed E-state index contributed by atoms with van der Waals surface area (Å²) in [6.07, 6.45) is -6.31. The third-order valence-corrected chi connectivity index (χ3v) is 2.72. The van der Waals surface area contributed by atoms with Crippen LogP contribution in [-0.4, -0.2) is 28.0 Å². The third kappa shape index (κ3) is 2.16. The van der Waals surface area contributed by atoms with Crippen molar-refractivity contribution in [2.45, 2.75) is 28.0 Å². The molecule has 0 amide bonds. The monoisotopic (exact) mass is 330 g/mol. The van der Waals surface area contributed by atoms with Gasteiger partial charge in [0.25, 0.3) is 0 Å². The molecule has 0 aromatic rings. The molecule has 1 saturated heterocycles. The lowest BCUT2D eigenvalue weighted by Gasteiger charge is -2.30. The predicted molar refractivity (Wildman–Crippen MR) is 41.1 cm³/mol. The summed E-state index contributed by atoms with van der Waals surface area (Å²) in [6.45, 7) is 0. The summed E-state index contributed by atoms with van der Waals surface area (Å²) in [5, 5.41) is -13.2. The first kappa shape index (κ1) is 15.4. The topological polar surface area (TPSA) is 18.5 Å². The number of ether oxygens (including phenoxy) is 2. The van der Waals surface area contributed by atoms with Gasteiger partial charge in [-0.3, -0.25) is 9.47 Å². The van der Waals surface area contributed by atoms with Gasteiger partial charge in [0, 0.05) is 0 Å². The van der Waals surface area contributed by atoms with Crippen LogP contribution in [0.1, 0.15) is 0 Å². The van der Waals surface area contributed by atoms with Gasteiger partial charge in [-0.05, 0) is 34.8 Å². The average Bonchev–Trinajstić information content (AvgIpc) is 2.14. The lowest BCUT2D eigenvalue weighted by molar-refractivity contribution is -0.372. The maximum Gasteiger partial charge on any atom is 0.460 e. The first-order valence-corrected chi connectivity index (χ1v) is 4.59. The van der Waals surface area contributed by atoms with Crippen molar-refractivity contribution >= 4 is 34.8 Å². The molecule has 1 fully saturated rings. The van der Waals surface area contributed by atoms with Crippen LogP contribution in [-0.2, 0) is 9.47 Å². The highest BCUT2D eigenvalue weighted by Crippen LogP contribution is 2.60. The Morgan fingerprint density at radius 3 is 1.29 bits per heavy atom. The van der Waals surface area contributed by atoms with Gasteiger partial charge in [0.05, 0.1) is 0 Å². The van der Waals surface area contributed by atoms with Crippen LogP contribution in [0, 0.1) is 0 Å². The van der Waals surface area contributed by atoms with Crippen molar-refractivity contribution in [2.24, 2.45) is 0 Å². The first-order chi connectivity index (χ1) is 7.16. The second-order valence-electron chi connectivity index (χ2n) is 2.85. The minimum atomic E-state index is -6.31. The maximum absolute atomic E-state index is 12.9. The normalized spacial score (nSPS) is 38.5. The molecule has 17 heavy (non-hydrogen) atoms. The second-order valence-corrected chi connectivity index (χ2v) is 4.32. The molecular formula is C5Cl3F7O2. The standard InChI is InChI=1S/C5Cl3F7O2/c6-2(11)3(7,12)17-4(8,16-2)1(9,10)5(13,14)15/t2-,3-/m0/s1. The summed E-state index contributed by atoms with van der Waals surface area (Å²) in [6, 6.07) is 0. The lowest BCUT2D eigenvalue weighted by Crippen LogP contribution is -2.55. The molecule has 0 radical (unpaired) electrons. The van der Waals surface area contributed by atoms with Gasteiger partial charge in [-0.2, -0.15) is 30.7 Å². The zero-order valence-electron chi connectivity index (χ0n) is 7.10. The summed E-state index contributed by atoms with van der Waals surface area (Å²) in [4.78, 5) is 0. The molecule has 1 rings (SSSR count). The Bertz CT molecular complexity index is 312. The zero-order valence-corrected chi connectivity index (χ0v) is 9.36. The van der Waals surface area contributed by atoms with Crippen molar-refractivity contribution < 1.29 is 40.2 Å². The fraction of sp³-hybridized carbons (Fsp3) is 1.00. The SMILES string of the molecule is FC(F)(F)C(F)(F)C1(Cl)O[C@](F)(Cl)[C@@](F)(Cl)O1. The molecular weight excluding hydrogens is 331 g/mol. The van der Waals surface area contributed by atoms with E-state index in [4.69, 9.17) is 0 Å². The van der Waals surface area contributed by atoms with Gasteiger partial charge in [-0.1, -0.05) is 0 Å². The van der Waals surface area contributed by atoms with Crippen LogP contribution in [0.4, 0.5) is 30.7 Å². The van der Waals surface area contributed by atoms with E-state index < -0.39 is 28.0 Å². The Kier molecular flexibility index (Phi) is 3.30. The maximum atomic E-state index is 12.9. The van der Waals surface area contributed by atoms with Gasteiger partial charge in [-0.25, -0.2) is 0 Å². The van der Waals surface area contributed by atoms with E-state index in [-0.39, 0.29) is 0 Å². The van der Waals surface area contributed by atoms with Gasteiger partial charge in [0.15, 0.2) is 0 Å². The van der Waals surface area contributed by atoms with Crippen molar-refractivity contribution in [3.63, 3.8) is 0 Å². The van der Waals surface area contributed by atoms with E-state index in [0.29, 0.717) is 0 Å². The van der Waals surface area contributed by atoms with Crippen LogP contribution in [0.15, 0.2) is 0 Å². The highest BCUT2D eigenvalue weighted by molar-refractivity contribution is 6.33. The highest BCUT2D eigenvalue weighted by Gasteiger charge is 2.82. The van der Waals surface area contributed by atoms with E-state index in [1.54, 1.807) is 0 Å². The molecule has 0 N–H and O–H groups in total. The van der Waals surface area contributed by atoms with E-state index in [0.717, 1.165) is 0 Å². The number of alkyl halides is 10. The predicted octanol–water partition coefficient (Wildman–Crippen LogP) is 3.85. The first-order valence-electron chi connectivity index (χ1n) is 3.46. The molecule has 2 atom stereocenters. The summed E-state index contributed by atoms with van der Waals surface area (Å²) in [5.74, 6) is -5.96. The molecule has 1 aliphatic rings.